The van der Waals surface area contributed by atoms with Crippen molar-refractivity contribution in [2.24, 2.45) is 0 Å². The molecule has 0 saturated carbocycles. The zero-order chi connectivity index (χ0) is 9.84. The van der Waals surface area contributed by atoms with Crippen molar-refractivity contribution < 1.29 is 14.1 Å². The Kier molecular flexibility index (Phi) is 3.52. The van der Waals surface area contributed by atoms with E-state index in [0.29, 0.717) is 17.1 Å². The van der Waals surface area contributed by atoms with Crippen LogP contribution in [0.5, 0.6) is 11.5 Å². The summed E-state index contributed by atoms with van der Waals surface area (Å²) in [6.45, 7) is 0. The Morgan fingerprint density at radius 3 is 2.62 bits per heavy atom. The molecule has 0 aromatic heterocycles. The van der Waals surface area contributed by atoms with Gasteiger partial charge in [-0.15, -0.1) is 0 Å². The molecule has 0 amide bonds. The third-order valence-corrected chi connectivity index (χ3v) is 1.99. The highest BCUT2D eigenvalue weighted by Gasteiger charge is 2.07. The predicted octanol–water partition coefficient (Wildman–Crippen LogP) is 2.24. The van der Waals surface area contributed by atoms with E-state index in [2.05, 4.69) is 9.47 Å². The zero-order valence-electron chi connectivity index (χ0n) is 6.91. The van der Waals surface area contributed by atoms with E-state index in [1.54, 1.807) is 12.1 Å². The topological polar surface area (TPSA) is 35.5 Å². The Morgan fingerprint density at radius 2 is 2.15 bits per heavy atom. The van der Waals surface area contributed by atoms with Gasteiger partial charge in [-0.1, -0.05) is 0 Å². The number of hydrogen-bond acceptors (Lipinski definition) is 3. The van der Waals surface area contributed by atoms with E-state index < -0.39 is 5.24 Å². The van der Waals surface area contributed by atoms with Gasteiger partial charge in [-0.3, -0.25) is 4.79 Å². The van der Waals surface area contributed by atoms with Gasteiger partial charge in [0.15, 0.2) is 11.5 Å². The van der Waals surface area contributed by atoms with Crippen molar-refractivity contribution in [1.29, 1.82) is 0 Å². The smallest absolute Gasteiger partial charge is 0.252 e. The molecular weight excluding hydrogens is 211 g/mol. The van der Waals surface area contributed by atoms with Crippen LogP contribution in [0.1, 0.15) is 10.4 Å². The summed E-state index contributed by atoms with van der Waals surface area (Å²) in [6.07, 6.45) is 0. The highest BCUT2D eigenvalue weighted by molar-refractivity contribution is 7.10. The van der Waals surface area contributed by atoms with E-state index in [0.717, 1.165) is 0 Å². The van der Waals surface area contributed by atoms with Crippen molar-refractivity contribution in [3.63, 3.8) is 0 Å². The summed E-state index contributed by atoms with van der Waals surface area (Å²) < 4.78 is 9.89. The summed E-state index contributed by atoms with van der Waals surface area (Å²) in [5, 5.41) is -0.520. The number of benzene rings is 1. The second-order valence-corrected chi connectivity index (χ2v) is 2.84. The molecule has 0 radical (unpaired) electrons. The average Bonchev–Trinajstić information content (AvgIpc) is 2.16. The maximum absolute atomic E-state index is 10.8. The number of halogens is 1. The highest BCUT2D eigenvalue weighted by Crippen LogP contribution is 2.29. The normalized spacial score (nSPS) is 9.46. The Labute approximate surface area is 83.3 Å². The number of carbonyl (C=O) groups is 1. The molecule has 1 atom stereocenters. The van der Waals surface area contributed by atoms with Gasteiger partial charge >= 0.3 is 0 Å². The number of methoxy groups -OCH3 is 1. The highest BCUT2D eigenvalue weighted by atomic mass is 35.5. The lowest BCUT2D eigenvalue weighted by Gasteiger charge is -2.06. The van der Waals surface area contributed by atoms with E-state index in [4.69, 9.17) is 20.9 Å². The first-order valence-corrected chi connectivity index (χ1v) is 4.28. The Morgan fingerprint density at radius 1 is 1.46 bits per heavy atom. The molecule has 0 fully saturated rings. The number of carbonyl (C=O) groups excluding carboxylic acids is 1. The van der Waals surface area contributed by atoms with Crippen LogP contribution in [0, 0.1) is 0 Å². The molecule has 5 heteroatoms. The molecule has 70 valence electrons. The third-order valence-electron chi connectivity index (χ3n) is 1.52. The Hall–Kier alpha value is -0.790. The molecule has 0 N–H and O–H groups in total. The molecule has 0 aliphatic heterocycles. The van der Waals surface area contributed by atoms with Crippen LogP contribution in [0.25, 0.3) is 0 Å². The summed E-state index contributed by atoms with van der Waals surface area (Å²) in [4.78, 5) is 10.8. The van der Waals surface area contributed by atoms with E-state index in [9.17, 15) is 4.79 Å². The van der Waals surface area contributed by atoms with Gasteiger partial charge < -0.3 is 9.26 Å². The largest absolute Gasteiger partial charge is 0.493 e. The number of hydrogen-bond donors (Lipinski definition) is 0. The van der Waals surface area contributed by atoms with Crippen LogP contribution in [0.4, 0.5) is 0 Å². The second kappa shape index (κ2) is 4.45. The van der Waals surface area contributed by atoms with Crippen LogP contribution in [0.2, 0.25) is 0 Å². The molecule has 0 bridgehead atoms. The van der Waals surface area contributed by atoms with E-state index in [1.165, 1.54) is 13.2 Å². The molecule has 13 heavy (non-hydrogen) atoms. The minimum Gasteiger partial charge on any atom is -0.493 e. The molecule has 3 nitrogen and oxygen atoms in total. The summed E-state index contributed by atoms with van der Waals surface area (Å²) in [7, 11) is 3.59. The van der Waals surface area contributed by atoms with Crippen molar-refractivity contribution in [1.82, 2.24) is 0 Å². The molecule has 1 unspecified atom stereocenters. The quantitative estimate of drug-likeness (QED) is 0.577. The lowest BCUT2D eigenvalue weighted by Crippen LogP contribution is -1.92. The molecule has 0 heterocycles. The van der Waals surface area contributed by atoms with Crippen molar-refractivity contribution in [3.8, 4) is 11.5 Å². The lowest BCUT2D eigenvalue weighted by atomic mass is 10.2. The fraction of sp³-hybridized carbons (Fsp3) is 0.125. The van der Waals surface area contributed by atoms with Gasteiger partial charge in [0.25, 0.3) is 5.24 Å². The minimum absolute atomic E-state index is 0.379. The van der Waals surface area contributed by atoms with Crippen LogP contribution in [-0.4, -0.2) is 12.4 Å². The zero-order valence-corrected chi connectivity index (χ0v) is 8.82. The van der Waals surface area contributed by atoms with Crippen LogP contribution in [0.15, 0.2) is 18.2 Å². The van der Waals surface area contributed by atoms with Gasteiger partial charge in [-0.25, -0.2) is 0 Å². The SMILES string of the molecule is COc1cc(C(=O)Cl)ccc1OP. The maximum atomic E-state index is 10.8. The van der Waals surface area contributed by atoms with Gasteiger partial charge in [-0.2, -0.15) is 0 Å². The Balaban J connectivity index is 3.13. The van der Waals surface area contributed by atoms with Gasteiger partial charge in [-0.05, 0) is 29.8 Å². The maximum Gasteiger partial charge on any atom is 0.252 e. The van der Waals surface area contributed by atoms with Crippen molar-refractivity contribution in [2.45, 2.75) is 0 Å². The number of ether oxygens (including phenoxy) is 1. The predicted molar refractivity (Wildman–Crippen MR) is 53.5 cm³/mol. The van der Waals surface area contributed by atoms with Crippen LogP contribution >= 0.6 is 21.1 Å². The second-order valence-electron chi connectivity index (χ2n) is 2.26. The molecular formula is C8H8ClO3P. The lowest BCUT2D eigenvalue weighted by molar-refractivity contribution is 0.108. The molecule has 0 spiro atoms. The first kappa shape index (κ1) is 10.3. The molecule has 0 aliphatic carbocycles. The van der Waals surface area contributed by atoms with Gasteiger partial charge in [0.2, 0.25) is 0 Å². The van der Waals surface area contributed by atoms with Crippen molar-refractivity contribution in [2.75, 3.05) is 7.11 Å². The van der Waals surface area contributed by atoms with E-state index in [1.807, 2.05) is 0 Å². The molecule has 1 rings (SSSR count). The van der Waals surface area contributed by atoms with Gasteiger partial charge in [0, 0.05) is 5.56 Å². The van der Waals surface area contributed by atoms with Crippen LogP contribution in [0.3, 0.4) is 0 Å². The van der Waals surface area contributed by atoms with E-state index >= 15 is 0 Å². The molecule has 1 aromatic rings. The molecule has 0 saturated heterocycles. The Bertz CT molecular complexity index is 327. The standard InChI is InChI=1S/C8H8ClO3P/c1-11-7-4-5(8(9)10)2-3-6(7)12-13/h2-4H,13H2,1H3. The molecule has 0 aliphatic rings. The average molecular weight is 219 g/mol. The monoisotopic (exact) mass is 218 g/mol. The fourth-order valence-corrected chi connectivity index (χ4v) is 1.20. The third kappa shape index (κ3) is 2.33. The van der Waals surface area contributed by atoms with Crippen LogP contribution < -0.4 is 9.26 Å². The summed E-state index contributed by atoms with van der Waals surface area (Å²) >= 11 is 5.29. The number of rotatable bonds is 3. The van der Waals surface area contributed by atoms with Crippen molar-refractivity contribution >= 4 is 26.3 Å². The summed E-state index contributed by atoms with van der Waals surface area (Å²) in [5.74, 6) is 1.01. The van der Waals surface area contributed by atoms with Gasteiger partial charge in [0.05, 0.1) is 16.6 Å². The first-order valence-electron chi connectivity index (χ1n) is 3.43. The van der Waals surface area contributed by atoms with Gasteiger partial charge in [0.1, 0.15) is 0 Å². The fourth-order valence-electron chi connectivity index (χ4n) is 0.887. The summed E-state index contributed by atoms with van der Waals surface area (Å²) in [5.41, 5.74) is 0.379. The summed E-state index contributed by atoms with van der Waals surface area (Å²) in [6, 6.07) is 4.70. The minimum atomic E-state index is -0.520. The van der Waals surface area contributed by atoms with E-state index in [-0.39, 0.29) is 0 Å². The van der Waals surface area contributed by atoms with Crippen LogP contribution in [-0.2, 0) is 0 Å². The first-order chi connectivity index (χ1) is 6.19. The van der Waals surface area contributed by atoms with Crippen molar-refractivity contribution in [3.05, 3.63) is 23.8 Å². The molecule has 1 aromatic carbocycles.